The number of hydrogen-bond donors (Lipinski definition) is 1. The Morgan fingerprint density at radius 3 is 2.88 bits per heavy atom. The van der Waals surface area contributed by atoms with Gasteiger partial charge in [0.1, 0.15) is 0 Å². The quantitative estimate of drug-likeness (QED) is 0.782. The molecular formula is C10H16N4O2. The van der Waals surface area contributed by atoms with E-state index in [0.29, 0.717) is 11.7 Å². The SMILES string of the molecule is COC(C)c1c(CC(N)=O)nnn1C1CC1. The molecule has 0 spiro atoms. The van der Waals surface area contributed by atoms with Gasteiger partial charge in [0, 0.05) is 7.11 Å². The van der Waals surface area contributed by atoms with Crippen LogP contribution in [0.5, 0.6) is 0 Å². The number of carbonyl (C=O) groups excluding carboxylic acids is 1. The highest BCUT2D eigenvalue weighted by atomic mass is 16.5. The Hall–Kier alpha value is -1.43. The highest BCUT2D eigenvalue weighted by molar-refractivity contribution is 5.76. The van der Waals surface area contributed by atoms with E-state index in [4.69, 9.17) is 10.5 Å². The van der Waals surface area contributed by atoms with Crippen molar-refractivity contribution in [3.8, 4) is 0 Å². The summed E-state index contributed by atoms with van der Waals surface area (Å²) in [6.45, 7) is 1.92. The van der Waals surface area contributed by atoms with Crippen LogP contribution in [0, 0.1) is 0 Å². The highest BCUT2D eigenvalue weighted by Crippen LogP contribution is 2.37. The van der Waals surface area contributed by atoms with Gasteiger partial charge in [-0.05, 0) is 19.8 Å². The molecule has 1 fully saturated rings. The largest absolute Gasteiger partial charge is 0.375 e. The fraction of sp³-hybridized carbons (Fsp3) is 0.700. The van der Waals surface area contributed by atoms with Gasteiger partial charge in [-0.2, -0.15) is 0 Å². The van der Waals surface area contributed by atoms with Gasteiger partial charge in [-0.15, -0.1) is 5.10 Å². The minimum absolute atomic E-state index is 0.120. The van der Waals surface area contributed by atoms with E-state index in [1.807, 2.05) is 11.6 Å². The van der Waals surface area contributed by atoms with Crippen LogP contribution in [0.25, 0.3) is 0 Å². The van der Waals surface area contributed by atoms with Crippen LogP contribution in [-0.2, 0) is 16.0 Å². The van der Waals surface area contributed by atoms with Crippen LogP contribution in [0.15, 0.2) is 0 Å². The third-order valence-electron chi connectivity index (χ3n) is 2.78. The van der Waals surface area contributed by atoms with Gasteiger partial charge >= 0.3 is 0 Å². The fourth-order valence-electron chi connectivity index (χ4n) is 1.75. The van der Waals surface area contributed by atoms with Gasteiger partial charge in [-0.3, -0.25) is 4.79 Å². The number of methoxy groups -OCH3 is 1. The first kappa shape index (κ1) is 11.1. The first-order chi connectivity index (χ1) is 7.63. The van der Waals surface area contributed by atoms with Crippen molar-refractivity contribution < 1.29 is 9.53 Å². The summed E-state index contributed by atoms with van der Waals surface area (Å²) in [5.41, 5.74) is 6.69. The van der Waals surface area contributed by atoms with Crippen LogP contribution in [0.4, 0.5) is 0 Å². The maximum atomic E-state index is 10.9. The molecule has 6 heteroatoms. The number of nitrogens with zero attached hydrogens (tertiary/aromatic N) is 3. The van der Waals surface area contributed by atoms with E-state index in [1.54, 1.807) is 7.11 Å². The van der Waals surface area contributed by atoms with E-state index >= 15 is 0 Å². The molecule has 0 aromatic carbocycles. The molecule has 6 nitrogen and oxygen atoms in total. The lowest BCUT2D eigenvalue weighted by atomic mass is 10.1. The number of ether oxygens (including phenoxy) is 1. The predicted molar refractivity (Wildman–Crippen MR) is 56.6 cm³/mol. The molecule has 1 aliphatic rings. The molecule has 1 saturated carbocycles. The zero-order valence-corrected chi connectivity index (χ0v) is 9.51. The number of amides is 1. The van der Waals surface area contributed by atoms with Gasteiger partial charge in [0.05, 0.1) is 30.0 Å². The Morgan fingerprint density at radius 1 is 1.69 bits per heavy atom. The molecule has 1 aromatic heterocycles. The normalized spacial score (nSPS) is 17.4. The molecule has 1 aromatic rings. The molecule has 1 heterocycles. The zero-order chi connectivity index (χ0) is 11.7. The van der Waals surface area contributed by atoms with E-state index in [2.05, 4.69) is 10.3 Å². The van der Waals surface area contributed by atoms with Crippen LogP contribution >= 0.6 is 0 Å². The lowest BCUT2D eigenvalue weighted by Crippen LogP contribution is -2.17. The smallest absolute Gasteiger partial charge is 0.223 e. The molecular weight excluding hydrogens is 208 g/mol. The third kappa shape index (κ3) is 2.06. The second-order valence-corrected chi connectivity index (χ2v) is 4.12. The highest BCUT2D eigenvalue weighted by Gasteiger charge is 2.31. The summed E-state index contributed by atoms with van der Waals surface area (Å²) in [5.74, 6) is -0.396. The summed E-state index contributed by atoms with van der Waals surface area (Å²) in [6.07, 6.45) is 2.23. The number of primary amides is 1. The van der Waals surface area contributed by atoms with Crippen molar-refractivity contribution in [1.82, 2.24) is 15.0 Å². The van der Waals surface area contributed by atoms with E-state index in [9.17, 15) is 4.79 Å². The van der Waals surface area contributed by atoms with Crippen molar-refractivity contribution in [2.75, 3.05) is 7.11 Å². The molecule has 0 radical (unpaired) electrons. The first-order valence-corrected chi connectivity index (χ1v) is 5.38. The molecule has 2 rings (SSSR count). The molecule has 0 aliphatic heterocycles. The summed E-state index contributed by atoms with van der Waals surface area (Å²) in [5, 5.41) is 8.10. The van der Waals surface area contributed by atoms with Crippen LogP contribution in [-0.4, -0.2) is 28.0 Å². The van der Waals surface area contributed by atoms with Crippen molar-refractivity contribution in [2.45, 2.75) is 38.3 Å². The average molecular weight is 224 g/mol. The molecule has 1 amide bonds. The minimum Gasteiger partial charge on any atom is -0.375 e. The summed E-state index contributed by atoms with van der Waals surface area (Å²) >= 11 is 0. The molecule has 1 atom stereocenters. The monoisotopic (exact) mass is 224 g/mol. The lowest BCUT2D eigenvalue weighted by molar-refractivity contribution is -0.117. The molecule has 0 saturated heterocycles. The maximum Gasteiger partial charge on any atom is 0.223 e. The standard InChI is InChI=1S/C10H16N4O2/c1-6(16-2)10-8(5-9(11)15)12-13-14(10)7-3-4-7/h6-7H,3-5H2,1-2H3,(H2,11,15). The Kier molecular flexibility index (Phi) is 2.91. The third-order valence-corrected chi connectivity index (χ3v) is 2.78. The summed E-state index contributed by atoms with van der Waals surface area (Å²) in [4.78, 5) is 10.9. The van der Waals surface area contributed by atoms with Gasteiger partial charge < -0.3 is 10.5 Å². The molecule has 2 N–H and O–H groups in total. The van der Waals surface area contributed by atoms with Crippen LogP contribution in [0.3, 0.4) is 0 Å². The molecule has 16 heavy (non-hydrogen) atoms. The second-order valence-electron chi connectivity index (χ2n) is 4.12. The van der Waals surface area contributed by atoms with Crippen molar-refractivity contribution >= 4 is 5.91 Å². The van der Waals surface area contributed by atoms with Gasteiger partial charge in [-0.25, -0.2) is 4.68 Å². The summed E-state index contributed by atoms with van der Waals surface area (Å²) < 4.78 is 7.15. The van der Waals surface area contributed by atoms with Crippen molar-refractivity contribution in [1.29, 1.82) is 0 Å². The van der Waals surface area contributed by atoms with Crippen molar-refractivity contribution in [3.05, 3.63) is 11.4 Å². The van der Waals surface area contributed by atoms with E-state index in [-0.39, 0.29) is 12.5 Å². The summed E-state index contributed by atoms with van der Waals surface area (Å²) in [7, 11) is 1.63. The second kappa shape index (κ2) is 4.21. The van der Waals surface area contributed by atoms with Crippen LogP contribution < -0.4 is 5.73 Å². The van der Waals surface area contributed by atoms with Gasteiger partial charge in [0.2, 0.25) is 5.91 Å². The minimum atomic E-state index is -0.396. The Balaban J connectivity index is 2.32. The average Bonchev–Trinajstić information content (AvgIpc) is 3.00. The van der Waals surface area contributed by atoms with Crippen LogP contribution in [0.1, 0.15) is 43.3 Å². The predicted octanol–water partition coefficient (Wildman–Crippen LogP) is 0.348. The summed E-state index contributed by atoms with van der Waals surface area (Å²) in [6, 6.07) is 0.418. The lowest BCUT2D eigenvalue weighted by Gasteiger charge is -2.12. The molecule has 1 aliphatic carbocycles. The molecule has 0 bridgehead atoms. The van der Waals surface area contributed by atoms with E-state index in [1.165, 1.54) is 0 Å². The Bertz CT molecular complexity index is 398. The maximum absolute atomic E-state index is 10.9. The number of hydrogen-bond acceptors (Lipinski definition) is 4. The van der Waals surface area contributed by atoms with Crippen LogP contribution in [0.2, 0.25) is 0 Å². The first-order valence-electron chi connectivity index (χ1n) is 5.38. The number of carbonyl (C=O) groups is 1. The Labute approximate surface area is 93.8 Å². The zero-order valence-electron chi connectivity index (χ0n) is 9.51. The number of rotatable bonds is 5. The van der Waals surface area contributed by atoms with Gasteiger partial charge in [0.15, 0.2) is 0 Å². The van der Waals surface area contributed by atoms with Gasteiger partial charge in [0.25, 0.3) is 0 Å². The van der Waals surface area contributed by atoms with E-state index < -0.39 is 5.91 Å². The van der Waals surface area contributed by atoms with Crippen molar-refractivity contribution in [3.63, 3.8) is 0 Å². The Morgan fingerprint density at radius 2 is 2.38 bits per heavy atom. The number of aromatic nitrogens is 3. The van der Waals surface area contributed by atoms with Gasteiger partial charge in [-0.1, -0.05) is 5.21 Å². The fourth-order valence-corrected chi connectivity index (χ4v) is 1.75. The number of nitrogens with two attached hydrogens (primary N) is 1. The topological polar surface area (TPSA) is 83.0 Å². The van der Waals surface area contributed by atoms with E-state index in [0.717, 1.165) is 18.5 Å². The van der Waals surface area contributed by atoms with Crippen molar-refractivity contribution in [2.24, 2.45) is 5.73 Å². The molecule has 88 valence electrons. The molecule has 1 unspecified atom stereocenters.